The molecule has 0 saturated heterocycles. The van der Waals surface area contributed by atoms with E-state index in [0.717, 1.165) is 24.1 Å². The van der Waals surface area contributed by atoms with Gasteiger partial charge in [0.2, 0.25) is 0 Å². The van der Waals surface area contributed by atoms with Crippen molar-refractivity contribution in [2.24, 2.45) is 0 Å². The second kappa shape index (κ2) is 5.81. The Morgan fingerprint density at radius 3 is 2.95 bits per heavy atom. The Balaban J connectivity index is 1.92. The lowest BCUT2D eigenvalue weighted by atomic mass is 10.2. The summed E-state index contributed by atoms with van der Waals surface area (Å²) in [6.45, 7) is 3.81. The van der Waals surface area contributed by atoms with E-state index in [0.29, 0.717) is 42.1 Å². The summed E-state index contributed by atoms with van der Waals surface area (Å²) in [5.41, 5.74) is 7.69. The molecule has 2 heterocycles. The number of nitrogens with two attached hydrogens (primary N) is 1. The van der Waals surface area contributed by atoms with E-state index in [-0.39, 0.29) is 0 Å². The van der Waals surface area contributed by atoms with Crippen molar-refractivity contribution in [1.29, 1.82) is 0 Å². The third-order valence-electron chi connectivity index (χ3n) is 3.40. The quantitative estimate of drug-likeness (QED) is 0.941. The van der Waals surface area contributed by atoms with Gasteiger partial charge >= 0.3 is 0 Å². The van der Waals surface area contributed by atoms with Crippen molar-refractivity contribution in [3.8, 4) is 11.5 Å². The molecule has 1 aromatic carbocycles. The van der Waals surface area contributed by atoms with Gasteiger partial charge in [-0.05, 0) is 24.1 Å². The van der Waals surface area contributed by atoms with Crippen LogP contribution in [0, 0.1) is 0 Å². The molecule has 112 valence electrons. The number of fused-ring (bicyclic) bond motifs is 1. The fourth-order valence-corrected chi connectivity index (χ4v) is 2.67. The van der Waals surface area contributed by atoms with E-state index >= 15 is 0 Å². The third-order valence-corrected chi connectivity index (χ3v) is 3.68. The summed E-state index contributed by atoms with van der Waals surface area (Å²) in [5, 5.41) is 8.53. The minimum atomic E-state index is 0.470. The molecule has 0 radical (unpaired) electrons. The Morgan fingerprint density at radius 2 is 2.14 bits per heavy atom. The highest BCUT2D eigenvalue weighted by molar-refractivity contribution is 6.32. The van der Waals surface area contributed by atoms with Gasteiger partial charge in [0, 0.05) is 6.42 Å². The minimum Gasteiger partial charge on any atom is -0.489 e. The number of nitrogen functional groups attached to an aromatic ring is 1. The van der Waals surface area contributed by atoms with Crippen LogP contribution in [0.1, 0.15) is 24.6 Å². The van der Waals surface area contributed by atoms with Crippen LogP contribution >= 0.6 is 11.6 Å². The molecule has 0 atom stereocenters. The van der Waals surface area contributed by atoms with Crippen LogP contribution in [-0.2, 0) is 13.0 Å². The SMILES string of the molecule is CCc1c(N)nnn1Cc1cc(Cl)c2c(c1)OCCCO2. The predicted molar refractivity (Wildman–Crippen MR) is 80.0 cm³/mol. The molecule has 21 heavy (non-hydrogen) atoms. The van der Waals surface area contributed by atoms with Gasteiger partial charge in [-0.3, -0.25) is 0 Å². The average Bonchev–Trinajstić information content (AvgIpc) is 2.67. The first-order chi connectivity index (χ1) is 10.2. The summed E-state index contributed by atoms with van der Waals surface area (Å²) < 4.78 is 13.1. The van der Waals surface area contributed by atoms with Crippen molar-refractivity contribution < 1.29 is 9.47 Å². The first-order valence-electron chi connectivity index (χ1n) is 6.95. The molecular formula is C14H17ClN4O2. The van der Waals surface area contributed by atoms with Gasteiger partial charge in [0.1, 0.15) is 0 Å². The van der Waals surface area contributed by atoms with E-state index in [1.165, 1.54) is 0 Å². The number of halogens is 1. The van der Waals surface area contributed by atoms with Crippen molar-refractivity contribution in [3.63, 3.8) is 0 Å². The lowest BCUT2D eigenvalue weighted by Gasteiger charge is -2.12. The van der Waals surface area contributed by atoms with Gasteiger partial charge in [0.25, 0.3) is 0 Å². The second-order valence-electron chi connectivity index (χ2n) is 4.89. The van der Waals surface area contributed by atoms with E-state index in [2.05, 4.69) is 10.3 Å². The fraction of sp³-hybridized carbons (Fsp3) is 0.429. The maximum absolute atomic E-state index is 6.29. The van der Waals surface area contributed by atoms with Gasteiger partial charge in [-0.15, -0.1) is 5.10 Å². The molecule has 0 unspecified atom stereocenters. The van der Waals surface area contributed by atoms with Crippen LogP contribution in [0.25, 0.3) is 0 Å². The lowest BCUT2D eigenvalue weighted by molar-refractivity contribution is 0.297. The zero-order valence-corrected chi connectivity index (χ0v) is 12.6. The van der Waals surface area contributed by atoms with Crippen molar-refractivity contribution in [1.82, 2.24) is 15.0 Å². The predicted octanol–water partition coefficient (Wildman–Crippen LogP) is 2.29. The summed E-state index contributed by atoms with van der Waals surface area (Å²) in [6, 6.07) is 3.80. The molecule has 7 heteroatoms. The highest BCUT2D eigenvalue weighted by Crippen LogP contribution is 2.38. The maximum atomic E-state index is 6.29. The molecular weight excluding hydrogens is 292 g/mol. The summed E-state index contributed by atoms with van der Waals surface area (Å²) in [7, 11) is 0. The van der Waals surface area contributed by atoms with Crippen LogP contribution in [0.3, 0.4) is 0 Å². The highest BCUT2D eigenvalue weighted by atomic mass is 35.5. The first-order valence-corrected chi connectivity index (χ1v) is 7.32. The van der Waals surface area contributed by atoms with Crippen LogP contribution in [0.5, 0.6) is 11.5 Å². The zero-order chi connectivity index (χ0) is 14.8. The summed E-state index contributed by atoms with van der Waals surface area (Å²) in [5.74, 6) is 1.77. The number of benzene rings is 1. The fourth-order valence-electron chi connectivity index (χ4n) is 2.39. The van der Waals surface area contributed by atoms with E-state index < -0.39 is 0 Å². The van der Waals surface area contributed by atoms with Gasteiger partial charge in [-0.25, -0.2) is 4.68 Å². The molecule has 0 bridgehead atoms. The number of anilines is 1. The van der Waals surface area contributed by atoms with Crippen LogP contribution < -0.4 is 15.2 Å². The Bertz CT molecular complexity index is 657. The van der Waals surface area contributed by atoms with Crippen molar-refractivity contribution in [2.75, 3.05) is 18.9 Å². The number of aromatic nitrogens is 3. The third kappa shape index (κ3) is 2.76. The van der Waals surface area contributed by atoms with E-state index in [1.54, 1.807) is 4.68 Å². The van der Waals surface area contributed by atoms with E-state index in [4.69, 9.17) is 26.8 Å². The summed E-state index contributed by atoms with van der Waals surface area (Å²) in [4.78, 5) is 0. The first kappa shape index (κ1) is 14.0. The van der Waals surface area contributed by atoms with Gasteiger partial charge in [0.15, 0.2) is 17.3 Å². The number of hydrogen-bond acceptors (Lipinski definition) is 5. The van der Waals surface area contributed by atoms with Crippen LogP contribution in [0.2, 0.25) is 5.02 Å². The molecule has 0 saturated carbocycles. The minimum absolute atomic E-state index is 0.470. The van der Waals surface area contributed by atoms with E-state index in [9.17, 15) is 0 Å². The largest absolute Gasteiger partial charge is 0.489 e. The van der Waals surface area contributed by atoms with Gasteiger partial charge in [0.05, 0.1) is 30.5 Å². The molecule has 0 spiro atoms. The Morgan fingerprint density at radius 1 is 1.33 bits per heavy atom. The average molecular weight is 309 g/mol. The lowest BCUT2D eigenvalue weighted by Crippen LogP contribution is -2.07. The van der Waals surface area contributed by atoms with Gasteiger partial charge in [-0.2, -0.15) is 0 Å². The highest BCUT2D eigenvalue weighted by Gasteiger charge is 2.17. The Kier molecular flexibility index (Phi) is 3.88. The van der Waals surface area contributed by atoms with Gasteiger partial charge in [-0.1, -0.05) is 23.7 Å². The molecule has 1 aliphatic heterocycles. The van der Waals surface area contributed by atoms with Crippen LogP contribution in [0.4, 0.5) is 5.82 Å². The number of hydrogen-bond donors (Lipinski definition) is 1. The molecule has 2 N–H and O–H groups in total. The molecule has 1 aliphatic rings. The normalized spacial score (nSPS) is 14.0. The summed E-state index contributed by atoms with van der Waals surface area (Å²) in [6.07, 6.45) is 1.62. The van der Waals surface area contributed by atoms with Crippen LogP contribution in [-0.4, -0.2) is 28.2 Å². The molecule has 2 aromatic rings. The number of nitrogens with zero attached hydrogens (tertiary/aromatic N) is 3. The molecule has 3 rings (SSSR count). The Labute approximate surface area is 127 Å². The topological polar surface area (TPSA) is 75.2 Å². The van der Waals surface area contributed by atoms with E-state index in [1.807, 2.05) is 19.1 Å². The smallest absolute Gasteiger partial charge is 0.179 e. The van der Waals surface area contributed by atoms with Crippen LogP contribution in [0.15, 0.2) is 12.1 Å². The summed E-state index contributed by atoms with van der Waals surface area (Å²) >= 11 is 6.29. The molecule has 1 aromatic heterocycles. The molecule has 0 fully saturated rings. The van der Waals surface area contributed by atoms with Gasteiger partial charge < -0.3 is 15.2 Å². The van der Waals surface area contributed by atoms with Crippen molar-refractivity contribution in [2.45, 2.75) is 26.3 Å². The molecule has 0 aliphatic carbocycles. The monoisotopic (exact) mass is 308 g/mol. The molecule has 6 nitrogen and oxygen atoms in total. The van der Waals surface area contributed by atoms with Crippen molar-refractivity contribution in [3.05, 3.63) is 28.4 Å². The second-order valence-corrected chi connectivity index (χ2v) is 5.30. The number of rotatable bonds is 3. The van der Waals surface area contributed by atoms with Crippen molar-refractivity contribution >= 4 is 17.4 Å². The molecule has 0 amide bonds. The number of ether oxygens (including phenoxy) is 2. The Hall–Kier alpha value is -1.95. The standard InChI is InChI=1S/C14H17ClN4O2/c1-2-11-14(16)17-18-19(11)8-9-6-10(15)13-12(7-9)20-4-3-5-21-13/h6-7H,2-5,8,16H2,1H3. The zero-order valence-electron chi connectivity index (χ0n) is 11.8. The maximum Gasteiger partial charge on any atom is 0.179 e.